The van der Waals surface area contributed by atoms with Gasteiger partial charge in [-0.3, -0.25) is 0 Å². The molecular formula is C15H24BrNS. The van der Waals surface area contributed by atoms with Crippen molar-refractivity contribution in [2.24, 2.45) is 11.8 Å². The van der Waals surface area contributed by atoms with Crippen LogP contribution in [0.4, 0.5) is 0 Å². The van der Waals surface area contributed by atoms with Crippen molar-refractivity contribution in [1.29, 1.82) is 0 Å². The van der Waals surface area contributed by atoms with Crippen LogP contribution in [0.25, 0.3) is 0 Å². The van der Waals surface area contributed by atoms with E-state index in [-0.39, 0.29) is 0 Å². The Bertz CT molecular complexity index is 363. The summed E-state index contributed by atoms with van der Waals surface area (Å²) in [6.45, 7) is 5.83. The average molecular weight is 330 g/mol. The van der Waals surface area contributed by atoms with Gasteiger partial charge in [-0.25, -0.2) is 0 Å². The number of halogens is 1. The highest BCUT2D eigenvalue weighted by atomic mass is 79.9. The van der Waals surface area contributed by atoms with Crippen molar-refractivity contribution in [2.75, 3.05) is 6.54 Å². The maximum absolute atomic E-state index is 3.67. The molecule has 0 bridgehead atoms. The molecule has 18 heavy (non-hydrogen) atoms. The van der Waals surface area contributed by atoms with E-state index >= 15 is 0 Å². The molecule has 3 unspecified atom stereocenters. The predicted octanol–water partition coefficient (Wildman–Crippen LogP) is 5.38. The fourth-order valence-electron chi connectivity index (χ4n) is 3.03. The molecule has 0 spiro atoms. The molecule has 2 rings (SSSR count). The molecule has 1 saturated carbocycles. The number of thiophene rings is 1. The quantitative estimate of drug-likeness (QED) is 0.764. The third kappa shape index (κ3) is 4.07. The number of rotatable bonds is 5. The molecule has 1 fully saturated rings. The van der Waals surface area contributed by atoms with Gasteiger partial charge in [0.05, 0.1) is 0 Å². The molecular weight excluding hydrogens is 306 g/mol. The second kappa shape index (κ2) is 7.06. The molecule has 1 aromatic heterocycles. The molecule has 1 aromatic rings. The fourth-order valence-corrected chi connectivity index (χ4v) is 4.78. The molecule has 0 aromatic carbocycles. The van der Waals surface area contributed by atoms with Crippen LogP contribution in [-0.4, -0.2) is 6.54 Å². The average Bonchev–Trinajstić information content (AvgIpc) is 2.75. The summed E-state index contributed by atoms with van der Waals surface area (Å²) >= 11 is 5.45. The molecule has 0 saturated heterocycles. The Kier molecular flexibility index (Phi) is 5.71. The van der Waals surface area contributed by atoms with Gasteiger partial charge < -0.3 is 5.32 Å². The highest BCUT2D eigenvalue weighted by Gasteiger charge is 2.18. The Morgan fingerprint density at radius 1 is 1.50 bits per heavy atom. The zero-order chi connectivity index (χ0) is 13.0. The van der Waals surface area contributed by atoms with Crippen LogP contribution in [-0.2, 0) is 0 Å². The summed E-state index contributed by atoms with van der Waals surface area (Å²) in [5.74, 6) is 1.91. The van der Waals surface area contributed by atoms with E-state index in [9.17, 15) is 0 Å². The first-order valence-electron chi connectivity index (χ1n) is 7.13. The maximum atomic E-state index is 3.67. The zero-order valence-electron chi connectivity index (χ0n) is 11.4. The molecule has 0 aliphatic heterocycles. The van der Waals surface area contributed by atoms with Crippen molar-refractivity contribution in [3.8, 4) is 0 Å². The van der Waals surface area contributed by atoms with E-state index in [1.54, 1.807) is 0 Å². The Morgan fingerprint density at radius 2 is 2.33 bits per heavy atom. The number of hydrogen-bond donors (Lipinski definition) is 1. The lowest BCUT2D eigenvalue weighted by atomic mass is 9.81. The van der Waals surface area contributed by atoms with Crippen LogP contribution in [0.15, 0.2) is 15.9 Å². The van der Waals surface area contributed by atoms with Gasteiger partial charge in [-0.05, 0) is 65.5 Å². The minimum Gasteiger partial charge on any atom is -0.309 e. The van der Waals surface area contributed by atoms with Crippen LogP contribution in [0.2, 0.25) is 0 Å². The van der Waals surface area contributed by atoms with E-state index in [4.69, 9.17) is 0 Å². The van der Waals surface area contributed by atoms with E-state index in [1.807, 2.05) is 11.3 Å². The van der Waals surface area contributed by atoms with Crippen molar-refractivity contribution in [2.45, 2.75) is 52.0 Å². The van der Waals surface area contributed by atoms with E-state index in [2.05, 4.69) is 46.5 Å². The third-order valence-corrected chi connectivity index (χ3v) is 6.14. The summed E-state index contributed by atoms with van der Waals surface area (Å²) in [5, 5.41) is 5.82. The minimum atomic E-state index is 0.473. The lowest BCUT2D eigenvalue weighted by Gasteiger charge is -2.27. The summed E-state index contributed by atoms with van der Waals surface area (Å²) in [6.07, 6.45) is 7.12. The largest absolute Gasteiger partial charge is 0.309 e. The smallest absolute Gasteiger partial charge is 0.0397 e. The van der Waals surface area contributed by atoms with E-state index in [1.165, 1.54) is 41.5 Å². The Labute approximate surface area is 123 Å². The maximum Gasteiger partial charge on any atom is 0.0397 e. The molecule has 1 heterocycles. The minimum absolute atomic E-state index is 0.473. The Hall–Kier alpha value is 0.140. The molecule has 3 atom stereocenters. The predicted molar refractivity (Wildman–Crippen MR) is 84.2 cm³/mol. The van der Waals surface area contributed by atoms with Crippen LogP contribution in [0.5, 0.6) is 0 Å². The van der Waals surface area contributed by atoms with Gasteiger partial charge in [-0.15, -0.1) is 11.3 Å². The van der Waals surface area contributed by atoms with Gasteiger partial charge in [-0.2, -0.15) is 0 Å². The monoisotopic (exact) mass is 329 g/mol. The van der Waals surface area contributed by atoms with Crippen molar-refractivity contribution >= 4 is 27.3 Å². The zero-order valence-corrected chi connectivity index (χ0v) is 13.8. The van der Waals surface area contributed by atoms with Gasteiger partial charge in [0, 0.05) is 15.4 Å². The molecule has 1 aliphatic rings. The molecule has 1 nitrogen and oxygen atoms in total. The normalized spacial score (nSPS) is 26.2. The summed E-state index contributed by atoms with van der Waals surface area (Å²) in [6, 6.07) is 2.61. The summed E-state index contributed by atoms with van der Waals surface area (Å²) in [4.78, 5) is 1.42. The summed E-state index contributed by atoms with van der Waals surface area (Å²) in [5.41, 5.74) is 0. The second-order valence-corrected chi connectivity index (χ2v) is 7.54. The number of nitrogens with one attached hydrogen (secondary N) is 1. The summed E-state index contributed by atoms with van der Waals surface area (Å²) in [7, 11) is 0. The Morgan fingerprint density at radius 3 is 3.00 bits per heavy atom. The number of hydrogen-bond acceptors (Lipinski definition) is 2. The van der Waals surface area contributed by atoms with Gasteiger partial charge in [-0.1, -0.05) is 26.2 Å². The fraction of sp³-hybridized carbons (Fsp3) is 0.733. The van der Waals surface area contributed by atoms with Gasteiger partial charge in [0.1, 0.15) is 0 Å². The lowest BCUT2D eigenvalue weighted by molar-refractivity contribution is 0.265. The van der Waals surface area contributed by atoms with E-state index in [0.717, 1.165) is 18.4 Å². The van der Waals surface area contributed by atoms with Crippen LogP contribution < -0.4 is 5.32 Å². The Balaban J connectivity index is 1.70. The molecule has 1 aliphatic carbocycles. The standard InChI is InChI=1S/C15H24BrNS/c1-11-4-3-5-13(10-11)6-8-17-12(2)15-14(16)7-9-18-15/h7,9,11-13,17H,3-6,8,10H2,1-2H3. The van der Waals surface area contributed by atoms with Crippen LogP contribution in [0.1, 0.15) is 56.9 Å². The van der Waals surface area contributed by atoms with Crippen molar-refractivity contribution < 1.29 is 0 Å². The first-order valence-corrected chi connectivity index (χ1v) is 8.80. The van der Waals surface area contributed by atoms with Gasteiger partial charge in [0.25, 0.3) is 0 Å². The highest BCUT2D eigenvalue weighted by Crippen LogP contribution is 2.31. The van der Waals surface area contributed by atoms with E-state index < -0.39 is 0 Å². The highest BCUT2D eigenvalue weighted by molar-refractivity contribution is 9.10. The SMILES string of the molecule is CC1CCCC(CCNC(C)c2sccc2Br)C1. The molecule has 3 heteroatoms. The first kappa shape index (κ1) is 14.5. The second-order valence-electron chi connectivity index (χ2n) is 5.74. The van der Waals surface area contributed by atoms with Crippen LogP contribution in [0, 0.1) is 11.8 Å². The molecule has 0 radical (unpaired) electrons. The topological polar surface area (TPSA) is 12.0 Å². The van der Waals surface area contributed by atoms with Crippen molar-refractivity contribution in [3.05, 3.63) is 20.8 Å². The molecule has 0 amide bonds. The third-order valence-electron chi connectivity index (χ3n) is 4.09. The van der Waals surface area contributed by atoms with Crippen LogP contribution in [0.3, 0.4) is 0 Å². The summed E-state index contributed by atoms with van der Waals surface area (Å²) < 4.78 is 1.25. The van der Waals surface area contributed by atoms with Crippen LogP contribution >= 0.6 is 27.3 Å². The molecule has 1 N–H and O–H groups in total. The first-order chi connectivity index (χ1) is 8.66. The van der Waals surface area contributed by atoms with Crippen molar-refractivity contribution in [1.82, 2.24) is 5.32 Å². The van der Waals surface area contributed by atoms with Crippen molar-refractivity contribution in [3.63, 3.8) is 0 Å². The van der Waals surface area contributed by atoms with Gasteiger partial charge in [0.2, 0.25) is 0 Å². The lowest BCUT2D eigenvalue weighted by Crippen LogP contribution is -2.23. The van der Waals surface area contributed by atoms with E-state index in [0.29, 0.717) is 6.04 Å². The molecule has 102 valence electrons. The van der Waals surface area contributed by atoms with Gasteiger partial charge >= 0.3 is 0 Å². The van der Waals surface area contributed by atoms with Gasteiger partial charge in [0.15, 0.2) is 0 Å².